The number of carbonyl (C=O) groups excluding carboxylic acids is 2. The van der Waals surface area contributed by atoms with E-state index < -0.39 is 0 Å². The zero-order valence-electron chi connectivity index (χ0n) is 39.0. The molecule has 0 aromatic rings. The molecule has 0 saturated carbocycles. The van der Waals surface area contributed by atoms with E-state index in [9.17, 15) is 9.59 Å². The fourth-order valence-electron chi connectivity index (χ4n) is 8.00. The van der Waals surface area contributed by atoms with Gasteiger partial charge in [-0.2, -0.15) is 11.8 Å². The van der Waals surface area contributed by atoms with Crippen LogP contribution in [0.4, 0.5) is 0 Å². The van der Waals surface area contributed by atoms with Gasteiger partial charge in [-0.05, 0) is 12.8 Å². The van der Waals surface area contributed by atoms with Crippen molar-refractivity contribution in [1.29, 1.82) is 0 Å². The van der Waals surface area contributed by atoms with Crippen LogP contribution in [0.25, 0.3) is 0 Å². The third-order valence-corrected chi connectivity index (χ3v) is 12.9. The molecule has 0 bridgehead atoms. The summed E-state index contributed by atoms with van der Waals surface area (Å²) in [5, 5.41) is 0. The first-order chi connectivity index (χ1) is 28.2. The zero-order chi connectivity index (χ0) is 41.2. The molecule has 0 aromatic carbocycles. The molecule has 0 heterocycles. The van der Waals surface area contributed by atoms with Crippen LogP contribution in [0.3, 0.4) is 0 Å². The monoisotopic (exact) mass is 823 g/mol. The first-order valence-electron chi connectivity index (χ1n) is 26.1. The molecule has 0 N–H and O–H groups in total. The van der Waals surface area contributed by atoms with Gasteiger partial charge >= 0.3 is 11.9 Å². The molecular weight excluding hydrogens is 721 g/mol. The van der Waals surface area contributed by atoms with Crippen LogP contribution >= 0.6 is 11.8 Å². The van der Waals surface area contributed by atoms with Crippen LogP contribution in [-0.4, -0.2) is 36.7 Å². The lowest BCUT2D eigenvalue weighted by Gasteiger charge is -2.06. The van der Waals surface area contributed by atoms with Crippen molar-refractivity contribution in [3.05, 3.63) is 0 Å². The van der Waals surface area contributed by atoms with E-state index >= 15 is 0 Å². The van der Waals surface area contributed by atoms with Crippen molar-refractivity contribution in [2.24, 2.45) is 0 Å². The second-order valence-corrected chi connectivity index (χ2v) is 18.9. The molecule has 0 atom stereocenters. The number of ether oxygens (including phenoxy) is 2. The van der Waals surface area contributed by atoms with Crippen molar-refractivity contribution in [3.8, 4) is 0 Å². The van der Waals surface area contributed by atoms with E-state index in [1.807, 2.05) is 0 Å². The van der Waals surface area contributed by atoms with Crippen molar-refractivity contribution in [1.82, 2.24) is 0 Å². The topological polar surface area (TPSA) is 52.6 Å². The molecule has 0 unspecified atom stereocenters. The van der Waals surface area contributed by atoms with E-state index in [0.717, 1.165) is 25.7 Å². The Morgan fingerprint density at radius 1 is 0.281 bits per heavy atom. The second-order valence-electron chi connectivity index (χ2n) is 17.7. The van der Waals surface area contributed by atoms with E-state index in [4.69, 9.17) is 9.47 Å². The molecule has 0 aliphatic carbocycles. The summed E-state index contributed by atoms with van der Waals surface area (Å²) in [6.07, 6.45) is 58.7. The minimum atomic E-state index is -0.104. The SMILES string of the molecule is CCCCCCCCCCCCCCCCCCCCCCCOC(=O)CCSCCC(=O)OCCCCCCCCCCCCCCCCCCCCCCC. The van der Waals surface area contributed by atoms with Crippen molar-refractivity contribution >= 4 is 23.7 Å². The van der Waals surface area contributed by atoms with Gasteiger partial charge in [-0.25, -0.2) is 0 Å². The fourth-order valence-corrected chi connectivity index (χ4v) is 8.82. The van der Waals surface area contributed by atoms with Crippen LogP contribution in [0.15, 0.2) is 0 Å². The third-order valence-electron chi connectivity index (χ3n) is 11.9. The predicted octanol–water partition coefficient (Wildman–Crippen LogP) is 18.0. The van der Waals surface area contributed by atoms with Gasteiger partial charge in [0.2, 0.25) is 0 Å². The molecule has 0 saturated heterocycles. The number of unbranched alkanes of at least 4 members (excludes halogenated alkanes) is 40. The molecule has 4 nitrogen and oxygen atoms in total. The molecule has 0 fully saturated rings. The average Bonchev–Trinajstić information content (AvgIpc) is 3.21. The Kier molecular flexibility index (Phi) is 50.8. The largest absolute Gasteiger partial charge is 0.466 e. The van der Waals surface area contributed by atoms with Crippen molar-refractivity contribution in [2.45, 2.75) is 296 Å². The van der Waals surface area contributed by atoms with E-state index in [-0.39, 0.29) is 11.9 Å². The molecular formula is C52H102O4S. The molecule has 0 spiro atoms. The van der Waals surface area contributed by atoms with Crippen LogP contribution in [0, 0.1) is 0 Å². The Morgan fingerprint density at radius 2 is 0.456 bits per heavy atom. The van der Waals surface area contributed by atoms with Crippen LogP contribution in [-0.2, 0) is 19.1 Å². The zero-order valence-corrected chi connectivity index (χ0v) is 39.8. The summed E-state index contributed by atoms with van der Waals surface area (Å²) in [6, 6.07) is 0. The van der Waals surface area contributed by atoms with Crippen LogP contribution in [0.5, 0.6) is 0 Å². The maximum atomic E-state index is 12.0. The quantitative estimate of drug-likeness (QED) is 0.0452. The summed E-state index contributed by atoms with van der Waals surface area (Å²) in [5.41, 5.74) is 0. The lowest BCUT2D eigenvalue weighted by molar-refractivity contribution is -0.144. The first-order valence-corrected chi connectivity index (χ1v) is 27.2. The van der Waals surface area contributed by atoms with Gasteiger partial charge in [0.15, 0.2) is 0 Å². The first kappa shape index (κ1) is 56.3. The highest BCUT2D eigenvalue weighted by molar-refractivity contribution is 7.99. The van der Waals surface area contributed by atoms with Gasteiger partial charge < -0.3 is 9.47 Å². The molecule has 0 rings (SSSR count). The summed E-state index contributed by atoms with van der Waals surface area (Å²) in [4.78, 5) is 24.1. The number of hydrogen-bond acceptors (Lipinski definition) is 5. The second kappa shape index (κ2) is 51.4. The van der Waals surface area contributed by atoms with Gasteiger partial charge in [-0.1, -0.05) is 271 Å². The number of carbonyl (C=O) groups is 2. The van der Waals surface area contributed by atoms with Gasteiger partial charge in [0.05, 0.1) is 26.1 Å². The van der Waals surface area contributed by atoms with E-state index in [0.29, 0.717) is 37.6 Å². The highest BCUT2D eigenvalue weighted by atomic mass is 32.2. The van der Waals surface area contributed by atoms with Gasteiger partial charge in [-0.15, -0.1) is 0 Å². The Bertz CT molecular complexity index is 711. The molecule has 57 heavy (non-hydrogen) atoms. The minimum absolute atomic E-state index is 0.104. The van der Waals surface area contributed by atoms with Gasteiger partial charge in [0.1, 0.15) is 0 Å². The Hall–Kier alpha value is -0.710. The number of thioether (sulfide) groups is 1. The van der Waals surface area contributed by atoms with Crippen molar-refractivity contribution < 1.29 is 19.1 Å². The maximum absolute atomic E-state index is 12.0. The highest BCUT2D eigenvalue weighted by Gasteiger charge is 2.06. The van der Waals surface area contributed by atoms with Crippen LogP contribution in [0.2, 0.25) is 0 Å². The Labute approximate surface area is 362 Å². The third kappa shape index (κ3) is 51.4. The molecule has 0 radical (unpaired) electrons. The fraction of sp³-hybridized carbons (Fsp3) is 0.962. The van der Waals surface area contributed by atoms with E-state index in [2.05, 4.69) is 13.8 Å². The molecule has 0 aliphatic rings. The summed E-state index contributed by atoms with van der Waals surface area (Å²) in [6.45, 7) is 5.69. The Morgan fingerprint density at radius 3 is 0.649 bits per heavy atom. The lowest BCUT2D eigenvalue weighted by Crippen LogP contribution is -2.09. The van der Waals surface area contributed by atoms with Gasteiger partial charge in [0, 0.05) is 11.5 Å². The van der Waals surface area contributed by atoms with Crippen LogP contribution in [0.1, 0.15) is 296 Å². The summed E-state index contributed by atoms with van der Waals surface area (Å²) in [7, 11) is 0. The molecule has 0 aliphatic heterocycles. The van der Waals surface area contributed by atoms with Crippen molar-refractivity contribution in [2.75, 3.05) is 24.7 Å². The summed E-state index contributed by atoms with van der Waals surface area (Å²) in [5.74, 6) is 1.22. The van der Waals surface area contributed by atoms with Gasteiger partial charge in [-0.3, -0.25) is 9.59 Å². The number of hydrogen-bond donors (Lipinski definition) is 0. The van der Waals surface area contributed by atoms with E-state index in [1.54, 1.807) is 11.8 Å². The maximum Gasteiger partial charge on any atom is 0.306 e. The number of esters is 2. The predicted molar refractivity (Wildman–Crippen MR) is 254 cm³/mol. The lowest BCUT2D eigenvalue weighted by atomic mass is 10.0. The van der Waals surface area contributed by atoms with Crippen molar-refractivity contribution in [3.63, 3.8) is 0 Å². The highest BCUT2D eigenvalue weighted by Crippen LogP contribution is 2.17. The molecule has 0 amide bonds. The summed E-state index contributed by atoms with van der Waals surface area (Å²) >= 11 is 1.64. The van der Waals surface area contributed by atoms with Gasteiger partial charge in [0.25, 0.3) is 0 Å². The number of rotatable bonds is 50. The minimum Gasteiger partial charge on any atom is -0.466 e. The summed E-state index contributed by atoms with van der Waals surface area (Å²) < 4.78 is 10.8. The van der Waals surface area contributed by atoms with E-state index in [1.165, 1.54) is 244 Å². The molecule has 5 heteroatoms. The smallest absolute Gasteiger partial charge is 0.306 e. The average molecular weight is 823 g/mol. The Balaban J connectivity index is 3.23. The molecule has 0 aromatic heterocycles. The van der Waals surface area contributed by atoms with Crippen LogP contribution < -0.4 is 0 Å². The normalized spacial score (nSPS) is 11.4. The molecule has 340 valence electrons. The standard InChI is InChI=1S/C52H102O4S/c1-3-5-7-9-11-13-15-17-19-21-23-25-27-29-31-33-35-37-39-41-43-47-55-51(53)45-49-57-50-46-52(54)56-48-44-42-40-38-36-34-32-30-28-26-24-22-20-18-16-14-12-10-8-6-4-2/h3-50H2,1-2H3.